The first-order chi connectivity index (χ1) is 23.0. The lowest BCUT2D eigenvalue weighted by molar-refractivity contribution is -0.167. The van der Waals surface area contributed by atoms with E-state index in [2.05, 4.69) is 6.92 Å². The number of benzene rings is 2. The molecule has 0 N–H and O–H groups in total. The van der Waals surface area contributed by atoms with Gasteiger partial charge in [-0.25, -0.2) is 9.97 Å². The van der Waals surface area contributed by atoms with Crippen LogP contribution < -0.4 is 9.47 Å². The molecule has 1 amide bonds. The molecule has 256 valence electrons. The molecule has 1 aliphatic carbocycles. The fourth-order valence-corrected chi connectivity index (χ4v) is 8.10. The van der Waals surface area contributed by atoms with Crippen molar-refractivity contribution in [3.05, 3.63) is 59.8 Å². The van der Waals surface area contributed by atoms with Crippen LogP contribution in [0.2, 0.25) is 0 Å². The topological polar surface area (TPSA) is 108 Å². The van der Waals surface area contributed by atoms with Gasteiger partial charge in [-0.15, -0.1) is 0 Å². The Morgan fingerprint density at radius 2 is 1.75 bits per heavy atom. The fraction of sp³-hybridized carbons (Fsp3) is 0.564. The summed E-state index contributed by atoms with van der Waals surface area (Å²) in [5.41, 5.74) is 1.96. The van der Waals surface area contributed by atoms with E-state index in [1.807, 2.05) is 69.3 Å². The normalized spacial score (nSPS) is 28.9. The van der Waals surface area contributed by atoms with Crippen molar-refractivity contribution in [2.45, 2.75) is 109 Å². The molecule has 3 aromatic rings. The lowest BCUT2D eigenvalue weighted by Gasteiger charge is -2.36. The van der Waals surface area contributed by atoms with E-state index in [0.29, 0.717) is 23.6 Å². The van der Waals surface area contributed by atoms with Gasteiger partial charge in [-0.3, -0.25) is 9.59 Å². The van der Waals surface area contributed by atoms with Gasteiger partial charge in [0.1, 0.15) is 29.4 Å². The van der Waals surface area contributed by atoms with Crippen LogP contribution in [0.3, 0.4) is 0 Å². The highest BCUT2D eigenvalue weighted by molar-refractivity contribution is 5.87. The Morgan fingerprint density at radius 1 is 0.979 bits per heavy atom. The van der Waals surface area contributed by atoms with Gasteiger partial charge < -0.3 is 23.9 Å². The second-order valence-corrected chi connectivity index (χ2v) is 15.1. The minimum Gasteiger partial charge on any atom is -0.497 e. The summed E-state index contributed by atoms with van der Waals surface area (Å²) in [4.78, 5) is 52.8. The van der Waals surface area contributed by atoms with Crippen molar-refractivity contribution < 1.29 is 28.6 Å². The number of hydrogen-bond donors (Lipinski definition) is 0. The quantitative estimate of drug-likeness (QED) is 0.223. The molecule has 0 spiro atoms. The Morgan fingerprint density at radius 3 is 2.48 bits per heavy atom. The molecule has 1 saturated heterocycles. The maximum atomic E-state index is 14.6. The van der Waals surface area contributed by atoms with Crippen LogP contribution in [-0.4, -0.2) is 64.4 Å². The van der Waals surface area contributed by atoms with Crippen molar-refractivity contribution in [1.29, 1.82) is 0 Å². The molecule has 48 heavy (non-hydrogen) atoms. The number of esters is 1. The van der Waals surface area contributed by atoms with E-state index in [-0.39, 0.29) is 30.8 Å². The average Bonchev–Trinajstić information content (AvgIpc) is 3.61. The molecule has 0 unspecified atom stereocenters. The molecule has 2 aromatic carbocycles. The molecule has 6 atom stereocenters. The molecule has 1 aromatic heterocycles. The van der Waals surface area contributed by atoms with E-state index in [9.17, 15) is 14.4 Å². The second kappa shape index (κ2) is 13.8. The first-order valence-electron chi connectivity index (χ1n) is 17.5. The SMILES string of the molecule is COc1ccc2nc3c(nc2c1)O[C@H]1CN(C(=O)[C@H](C(C)(C)C)CC(=O)O[C@]2(C)CCC[C@H]2CCCCC3)[C@H](C=O)[C@@H]1c1ccccc1. The molecule has 9 heteroatoms. The molecule has 9 nitrogen and oxygen atoms in total. The number of hydrogen-bond acceptors (Lipinski definition) is 8. The van der Waals surface area contributed by atoms with Crippen LogP contribution in [0, 0.1) is 17.3 Å². The van der Waals surface area contributed by atoms with E-state index in [0.717, 1.165) is 68.0 Å². The summed E-state index contributed by atoms with van der Waals surface area (Å²) >= 11 is 0. The second-order valence-electron chi connectivity index (χ2n) is 15.1. The number of amides is 1. The van der Waals surface area contributed by atoms with E-state index in [4.69, 9.17) is 24.2 Å². The van der Waals surface area contributed by atoms with Gasteiger partial charge in [0, 0.05) is 6.07 Å². The number of carbonyl (C=O) groups is 3. The van der Waals surface area contributed by atoms with Gasteiger partial charge >= 0.3 is 5.97 Å². The van der Waals surface area contributed by atoms with Crippen molar-refractivity contribution in [3.63, 3.8) is 0 Å². The number of fused-ring (bicyclic) bond motifs is 5. The summed E-state index contributed by atoms with van der Waals surface area (Å²) in [6.45, 7) is 8.13. The highest BCUT2D eigenvalue weighted by atomic mass is 16.6. The molecule has 0 radical (unpaired) electrons. The predicted octanol–water partition coefficient (Wildman–Crippen LogP) is 6.85. The zero-order valence-electron chi connectivity index (χ0n) is 28.9. The van der Waals surface area contributed by atoms with Crippen LogP contribution in [0.1, 0.15) is 96.2 Å². The van der Waals surface area contributed by atoms with E-state index in [1.165, 1.54) is 0 Å². The van der Waals surface area contributed by atoms with Crippen LogP contribution in [0.4, 0.5) is 0 Å². The summed E-state index contributed by atoms with van der Waals surface area (Å²) in [6.07, 6.45) is 7.68. The molecule has 3 heterocycles. The van der Waals surface area contributed by atoms with Crippen LogP contribution in [0.15, 0.2) is 48.5 Å². The van der Waals surface area contributed by atoms with Gasteiger partial charge in [0.05, 0.1) is 49.0 Å². The third-order valence-electron chi connectivity index (χ3n) is 10.9. The standard InChI is InChI=1S/C39H49N3O6/c1-38(2,3)28-22-34(44)48-39(4)20-12-16-26(39)15-10-7-11-17-30-36(41-31-21-27(46-5)18-19-29(31)40-30)47-33-23-42(37(28)45)32(24-43)35(33)25-13-8-6-9-14-25/h6,8-9,13-14,18-19,21,24,26,28,32-33,35H,7,10-12,15-17,20,22-23H2,1-5H3/t26-,28-,32-,33+,35+,39-/m1/s1. The summed E-state index contributed by atoms with van der Waals surface area (Å²) in [5.74, 6) is -0.357. The number of aryl methyl sites for hydroxylation is 1. The van der Waals surface area contributed by atoms with Crippen molar-refractivity contribution >= 4 is 29.2 Å². The smallest absolute Gasteiger partial charge is 0.307 e. The van der Waals surface area contributed by atoms with Gasteiger partial charge in [-0.05, 0) is 74.5 Å². The molecule has 3 aliphatic rings. The van der Waals surface area contributed by atoms with Crippen LogP contribution in [0.5, 0.6) is 11.6 Å². The molecule has 2 fully saturated rings. The van der Waals surface area contributed by atoms with Gasteiger partial charge in [0.15, 0.2) is 0 Å². The summed E-state index contributed by atoms with van der Waals surface area (Å²) < 4.78 is 18.6. The predicted molar refractivity (Wildman–Crippen MR) is 183 cm³/mol. The molecular formula is C39H49N3O6. The summed E-state index contributed by atoms with van der Waals surface area (Å²) in [6, 6.07) is 14.6. The molecular weight excluding hydrogens is 606 g/mol. The maximum Gasteiger partial charge on any atom is 0.307 e. The van der Waals surface area contributed by atoms with Crippen molar-refractivity contribution in [3.8, 4) is 11.6 Å². The number of aldehydes is 1. The number of aromatic nitrogens is 2. The Balaban J connectivity index is 1.44. The van der Waals surface area contributed by atoms with E-state index in [1.54, 1.807) is 12.0 Å². The van der Waals surface area contributed by atoms with E-state index < -0.39 is 35.0 Å². The first kappa shape index (κ1) is 33.9. The monoisotopic (exact) mass is 655 g/mol. The zero-order chi connectivity index (χ0) is 34.1. The minimum atomic E-state index is -0.790. The van der Waals surface area contributed by atoms with Gasteiger partial charge in [0.25, 0.3) is 0 Å². The number of ether oxygens (including phenoxy) is 3. The molecule has 2 aliphatic heterocycles. The number of rotatable bonds is 3. The highest BCUT2D eigenvalue weighted by Gasteiger charge is 2.50. The Kier molecular flexibility index (Phi) is 9.77. The van der Waals surface area contributed by atoms with Crippen LogP contribution in [-0.2, 0) is 25.5 Å². The maximum absolute atomic E-state index is 14.6. The Labute approximate surface area is 283 Å². The largest absolute Gasteiger partial charge is 0.497 e. The van der Waals surface area contributed by atoms with Crippen molar-refractivity contribution in [2.75, 3.05) is 13.7 Å². The molecule has 6 rings (SSSR count). The Bertz CT molecular complexity index is 1640. The lowest BCUT2D eigenvalue weighted by atomic mass is 9.77. The van der Waals surface area contributed by atoms with Crippen LogP contribution in [0.25, 0.3) is 11.0 Å². The zero-order valence-corrected chi connectivity index (χ0v) is 28.9. The number of carbonyl (C=O) groups excluding carboxylic acids is 3. The third-order valence-corrected chi connectivity index (χ3v) is 10.9. The summed E-state index contributed by atoms with van der Waals surface area (Å²) in [5, 5.41) is 0. The third kappa shape index (κ3) is 6.92. The van der Waals surface area contributed by atoms with Crippen LogP contribution >= 0.6 is 0 Å². The number of methoxy groups -OCH3 is 1. The van der Waals surface area contributed by atoms with Gasteiger partial charge in [-0.2, -0.15) is 0 Å². The molecule has 2 bridgehead atoms. The average molecular weight is 656 g/mol. The van der Waals surface area contributed by atoms with E-state index >= 15 is 0 Å². The van der Waals surface area contributed by atoms with Gasteiger partial charge in [0.2, 0.25) is 11.8 Å². The number of nitrogens with zero attached hydrogens (tertiary/aromatic N) is 3. The highest BCUT2D eigenvalue weighted by Crippen LogP contribution is 2.44. The van der Waals surface area contributed by atoms with Crippen molar-refractivity contribution in [2.24, 2.45) is 17.3 Å². The van der Waals surface area contributed by atoms with Crippen molar-refractivity contribution in [1.82, 2.24) is 14.9 Å². The Hall–Kier alpha value is -4.01. The lowest BCUT2D eigenvalue weighted by Crippen LogP contribution is -2.47. The summed E-state index contributed by atoms with van der Waals surface area (Å²) in [7, 11) is 1.62. The first-order valence-corrected chi connectivity index (χ1v) is 17.5. The minimum absolute atomic E-state index is 0.0453. The molecule has 1 saturated carbocycles. The fourth-order valence-electron chi connectivity index (χ4n) is 8.10. The van der Waals surface area contributed by atoms with Gasteiger partial charge in [-0.1, -0.05) is 63.9 Å².